The minimum absolute atomic E-state index is 0.0262. The van der Waals surface area contributed by atoms with Gasteiger partial charge in [-0.3, -0.25) is 9.36 Å². The number of carbonyl (C=O) groups excluding carboxylic acids is 1. The van der Waals surface area contributed by atoms with E-state index in [1.807, 2.05) is 23.9 Å². The van der Waals surface area contributed by atoms with Crippen LogP contribution in [-0.2, 0) is 9.53 Å². The van der Waals surface area contributed by atoms with Gasteiger partial charge in [-0.1, -0.05) is 12.1 Å². The van der Waals surface area contributed by atoms with Gasteiger partial charge in [-0.25, -0.2) is 13.8 Å². The van der Waals surface area contributed by atoms with Gasteiger partial charge in [0.2, 0.25) is 11.9 Å². The summed E-state index contributed by atoms with van der Waals surface area (Å²) >= 11 is 0. The Kier molecular flexibility index (Phi) is 8.22. The van der Waals surface area contributed by atoms with Crippen molar-refractivity contribution in [2.24, 2.45) is 5.92 Å². The lowest BCUT2D eigenvalue weighted by molar-refractivity contribution is -0.133. The number of ether oxygens (including phenoxy) is 1. The minimum atomic E-state index is -2.80. The number of hydrogen-bond donors (Lipinski definition) is 1. The first-order valence-corrected chi connectivity index (χ1v) is 13.5. The fourth-order valence-electron chi connectivity index (χ4n) is 5.45. The van der Waals surface area contributed by atoms with Crippen LogP contribution in [0.4, 0.5) is 20.5 Å². The van der Waals surface area contributed by atoms with Crippen LogP contribution < -0.4 is 10.2 Å². The molecule has 2 aliphatic rings. The maximum absolute atomic E-state index is 14.1. The van der Waals surface area contributed by atoms with Crippen LogP contribution in [-0.4, -0.2) is 101 Å². The highest BCUT2D eigenvalue weighted by molar-refractivity contribution is 5.84. The second-order valence-corrected chi connectivity index (χ2v) is 10.5. The van der Waals surface area contributed by atoms with Crippen LogP contribution in [0.25, 0.3) is 16.9 Å². The third-order valence-corrected chi connectivity index (χ3v) is 7.22. The Morgan fingerprint density at radius 3 is 2.62 bits per heavy atom. The van der Waals surface area contributed by atoms with E-state index in [0.717, 1.165) is 19.4 Å². The molecule has 0 radical (unpaired) electrons. The maximum atomic E-state index is 14.1. The van der Waals surface area contributed by atoms with Gasteiger partial charge >= 0.3 is 0 Å². The van der Waals surface area contributed by atoms with Crippen molar-refractivity contribution in [2.45, 2.75) is 32.2 Å². The zero-order valence-corrected chi connectivity index (χ0v) is 22.7. The first kappa shape index (κ1) is 27.2. The average molecular weight is 543 g/mol. The van der Waals surface area contributed by atoms with E-state index in [4.69, 9.17) is 9.72 Å². The number of aromatic nitrogens is 4. The molecule has 2 atom stereocenters. The molecule has 2 aromatic heterocycles. The normalized spacial score (nSPS) is 19.2. The number of morpholine rings is 1. The predicted molar refractivity (Wildman–Crippen MR) is 146 cm³/mol. The number of nitrogens with zero attached hydrogens (tertiary/aromatic N) is 7. The van der Waals surface area contributed by atoms with Crippen molar-refractivity contribution in [1.82, 2.24) is 29.3 Å². The van der Waals surface area contributed by atoms with E-state index in [9.17, 15) is 13.6 Å². The van der Waals surface area contributed by atoms with E-state index in [-0.39, 0.29) is 17.7 Å². The number of halogens is 2. The molecule has 0 bridgehead atoms. The maximum Gasteiger partial charge on any atom is 0.296 e. The highest BCUT2D eigenvalue weighted by Gasteiger charge is 2.28. The minimum Gasteiger partial charge on any atom is -0.378 e. The molecule has 0 aliphatic carbocycles. The number of fused-ring (bicyclic) bond motifs is 1. The number of benzene rings is 1. The third-order valence-electron chi connectivity index (χ3n) is 7.22. The van der Waals surface area contributed by atoms with Crippen LogP contribution >= 0.6 is 0 Å². The van der Waals surface area contributed by atoms with E-state index in [0.29, 0.717) is 62.2 Å². The monoisotopic (exact) mass is 542 g/mol. The van der Waals surface area contributed by atoms with Crippen LogP contribution in [0.3, 0.4) is 0 Å². The van der Waals surface area contributed by atoms with Gasteiger partial charge in [0.25, 0.3) is 6.43 Å². The van der Waals surface area contributed by atoms with Gasteiger partial charge in [-0.05, 0) is 51.9 Å². The first-order chi connectivity index (χ1) is 18.8. The molecule has 1 amide bonds. The molecular weight excluding hydrogens is 506 g/mol. The van der Waals surface area contributed by atoms with Gasteiger partial charge in [-0.15, -0.1) is 0 Å². The van der Waals surface area contributed by atoms with Crippen molar-refractivity contribution in [3.8, 4) is 5.82 Å². The number of nitrogens with one attached hydrogen (secondary N) is 1. The molecule has 2 fully saturated rings. The predicted octanol–water partition coefficient (Wildman–Crippen LogP) is 3.19. The molecule has 3 aromatic rings. The Morgan fingerprint density at radius 2 is 1.87 bits per heavy atom. The summed E-state index contributed by atoms with van der Waals surface area (Å²) in [6.07, 6.45) is -0.734. The number of piperidine rings is 1. The molecule has 0 spiro atoms. The van der Waals surface area contributed by atoms with Crippen molar-refractivity contribution >= 4 is 28.7 Å². The SMILES string of the molecule is C[C@H](Nc1nc(N2CCOCC2)cc(-n2c(C(F)F)nc3ccccc32)n1)C(=O)N1CCCC(CN(C)C)C1. The Bertz CT molecular complexity index is 1290. The number of rotatable bonds is 8. The first-order valence-electron chi connectivity index (χ1n) is 13.5. The second-order valence-electron chi connectivity index (χ2n) is 10.5. The van der Waals surface area contributed by atoms with Gasteiger partial charge in [0.1, 0.15) is 17.7 Å². The molecule has 5 rings (SSSR count). The summed E-state index contributed by atoms with van der Waals surface area (Å²) in [6, 6.07) is 8.08. The standard InChI is InChI=1S/C27H36F2N8O2/c1-18(26(38)36-10-6-7-19(17-36)16-34(2)3)30-27-32-22(35-11-13-39-14-12-35)15-23(33-27)37-21-9-5-4-8-20(21)31-25(37)24(28)29/h4-5,8-9,15,18-19,24H,6-7,10-14,16-17H2,1-3H3,(H,30,32,33)/t18-,19?/m0/s1. The largest absolute Gasteiger partial charge is 0.378 e. The zero-order chi connectivity index (χ0) is 27.5. The molecule has 10 nitrogen and oxygen atoms in total. The lowest BCUT2D eigenvalue weighted by Gasteiger charge is -2.35. The summed E-state index contributed by atoms with van der Waals surface area (Å²) in [7, 11) is 4.09. The second kappa shape index (κ2) is 11.8. The summed E-state index contributed by atoms with van der Waals surface area (Å²) in [6.45, 7) is 6.45. The quantitative estimate of drug-likeness (QED) is 0.464. The molecule has 2 aliphatic heterocycles. The Labute approximate surface area is 227 Å². The van der Waals surface area contributed by atoms with E-state index in [2.05, 4.69) is 20.2 Å². The number of para-hydroxylation sites is 2. The van der Waals surface area contributed by atoms with Crippen molar-refractivity contribution in [2.75, 3.05) is 70.2 Å². The summed E-state index contributed by atoms with van der Waals surface area (Å²) in [4.78, 5) is 33.0. The van der Waals surface area contributed by atoms with Crippen molar-refractivity contribution < 1.29 is 18.3 Å². The van der Waals surface area contributed by atoms with E-state index >= 15 is 0 Å². The average Bonchev–Trinajstić information content (AvgIpc) is 3.33. The van der Waals surface area contributed by atoms with Gasteiger partial charge in [0, 0.05) is 38.8 Å². The molecule has 39 heavy (non-hydrogen) atoms. The van der Waals surface area contributed by atoms with E-state index in [1.54, 1.807) is 37.3 Å². The summed E-state index contributed by atoms with van der Waals surface area (Å²) in [5, 5.41) is 3.17. The number of amides is 1. The molecular formula is C27H36F2N8O2. The number of anilines is 2. The highest BCUT2D eigenvalue weighted by Crippen LogP contribution is 2.29. The summed E-state index contributed by atoms with van der Waals surface area (Å²) in [5.74, 6) is 1.06. The van der Waals surface area contributed by atoms with Crippen LogP contribution in [0.1, 0.15) is 32.0 Å². The number of likely N-dealkylation sites (tertiary alicyclic amines) is 1. The topological polar surface area (TPSA) is 91.6 Å². The summed E-state index contributed by atoms with van der Waals surface area (Å²) in [5.41, 5.74) is 0.976. The van der Waals surface area contributed by atoms with E-state index in [1.165, 1.54) is 4.57 Å². The van der Waals surface area contributed by atoms with Crippen molar-refractivity contribution in [1.29, 1.82) is 0 Å². The fraction of sp³-hybridized carbons (Fsp3) is 0.556. The van der Waals surface area contributed by atoms with Crippen LogP contribution in [0.2, 0.25) is 0 Å². The molecule has 12 heteroatoms. The highest BCUT2D eigenvalue weighted by atomic mass is 19.3. The van der Waals surface area contributed by atoms with Gasteiger partial charge < -0.3 is 24.8 Å². The van der Waals surface area contributed by atoms with Gasteiger partial charge in [0.15, 0.2) is 5.82 Å². The Balaban J connectivity index is 1.47. The molecule has 2 saturated heterocycles. The smallest absolute Gasteiger partial charge is 0.296 e. The molecule has 1 N–H and O–H groups in total. The van der Waals surface area contributed by atoms with E-state index < -0.39 is 18.3 Å². The molecule has 0 saturated carbocycles. The van der Waals surface area contributed by atoms with Crippen molar-refractivity contribution in [3.05, 3.63) is 36.2 Å². The van der Waals surface area contributed by atoms with Crippen molar-refractivity contribution in [3.63, 3.8) is 0 Å². The Morgan fingerprint density at radius 1 is 1.13 bits per heavy atom. The molecule has 4 heterocycles. The zero-order valence-electron chi connectivity index (χ0n) is 22.7. The third kappa shape index (κ3) is 6.11. The molecule has 1 unspecified atom stereocenters. The molecule has 210 valence electrons. The lowest BCUT2D eigenvalue weighted by Crippen LogP contribution is -2.48. The summed E-state index contributed by atoms with van der Waals surface area (Å²) < 4.78 is 35.1. The van der Waals surface area contributed by atoms with Crippen LogP contribution in [0.15, 0.2) is 30.3 Å². The number of carbonyl (C=O) groups is 1. The Hall–Kier alpha value is -3.38. The molecule has 1 aromatic carbocycles. The fourth-order valence-corrected chi connectivity index (χ4v) is 5.45. The lowest BCUT2D eigenvalue weighted by atomic mass is 9.97. The van der Waals surface area contributed by atoms with Gasteiger partial charge in [0.05, 0.1) is 24.2 Å². The number of alkyl halides is 2. The number of hydrogen-bond acceptors (Lipinski definition) is 8. The number of imidazole rings is 1. The van der Waals surface area contributed by atoms with Crippen LogP contribution in [0, 0.1) is 5.92 Å². The van der Waals surface area contributed by atoms with Crippen LogP contribution in [0.5, 0.6) is 0 Å². The van der Waals surface area contributed by atoms with Gasteiger partial charge in [-0.2, -0.15) is 9.97 Å².